The molecule has 11 nitrogen and oxygen atoms in total. The van der Waals surface area contributed by atoms with Crippen molar-refractivity contribution in [1.82, 2.24) is 10.2 Å². The summed E-state index contributed by atoms with van der Waals surface area (Å²) in [7, 11) is 0. The Bertz CT molecular complexity index is 626. The molecule has 1 fully saturated rings. The Morgan fingerprint density at radius 3 is 2.52 bits per heavy atom. The molecule has 1 aliphatic rings. The predicted molar refractivity (Wildman–Crippen MR) is 103 cm³/mol. The number of carbonyl (C=O) groups excluding carboxylic acids is 3. The largest absolute Gasteiger partial charge is 0.481 e. The van der Waals surface area contributed by atoms with Gasteiger partial charge in [-0.1, -0.05) is 11.5 Å². The number of carboxylic acid groups (broad SMARTS) is 1. The second kappa shape index (κ2) is 13.4. The van der Waals surface area contributed by atoms with Crippen LogP contribution in [0.1, 0.15) is 51.9 Å². The minimum Gasteiger partial charge on any atom is -0.481 e. The second-order valence-corrected chi connectivity index (χ2v) is 6.81. The van der Waals surface area contributed by atoms with Gasteiger partial charge < -0.3 is 20.1 Å². The summed E-state index contributed by atoms with van der Waals surface area (Å²) in [5, 5.41) is 14.8. The number of piperidine rings is 1. The molecule has 1 aliphatic heterocycles. The number of unbranched alkanes of at least 4 members (excludes halogenated alkanes) is 1. The molecule has 1 unspecified atom stereocenters. The first-order chi connectivity index (χ1) is 13.9. The van der Waals surface area contributed by atoms with E-state index < -0.39 is 12.0 Å². The molecule has 0 radical (unpaired) electrons. The molecule has 1 heterocycles. The summed E-state index contributed by atoms with van der Waals surface area (Å²) in [6.07, 6.45) is 2.25. The van der Waals surface area contributed by atoms with Gasteiger partial charge in [-0.3, -0.25) is 19.2 Å². The molecule has 2 N–H and O–H groups in total. The van der Waals surface area contributed by atoms with Crippen molar-refractivity contribution in [3.05, 3.63) is 10.4 Å². The van der Waals surface area contributed by atoms with Crippen LogP contribution in [-0.2, 0) is 23.9 Å². The lowest BCUT2D eigenvalue weighted by atomic mass is 9.96. The topological polar surface area (TPSA) is 162 Å². The van der Waals surface area contributed by atoms with Crippen molar-refractivity contribution in [2.75, 3.05) is 26.2 Å². The van der Waals surface area contributed by atoms with Crippen LogP contribution in [0.2, 0.25) is 0 Å². The number of azide groups is 1. The number of esters is 1. The second-order valence-electron chi connectivity index (χ2n) is 6.81. The van der Waals surface area contributed by atoms with Gasteiger partial charge in [0, 0.05) is 31.0 Å². The van der Waals surface area contributed by atoms with Crippen molar-refractivity contribution in [1.29, 1.82) is 0 Å². The summed E-state index contributed by atoms with van der Waals surface area (Å²) in [4.78, 5) is 50.7. The molecule has 29 heavy (non-hydrogen) atoms. The molecular weight excluding hydrogens is 382 g/mol. The van der Waals surface area contributed by atoms with Crippen LogP contribution in [0.5, 0.6) is 0 Å². The number of likely N-dealkylation sites (tertiary alicyclic amines) is 1. The number of carbonyl (C=O) groups is 4. The first-order valence-corrected chi connectivity index (χ1v) is 9.87. The maximum Gasteiger partial charge on any atom is 0.309 e. The van der Waals surface area contributed by atoms with Gasteiger partial charge in [-0.05, 0) is 38.1 Å². The number of nitrogens with one attached hydrogen (secondary N) is 1. The fourth-order valence-electron chi connectivity index (χ4n) is 3.10. The maximum atomic E-state index is 12.6. The van der Waals surface area contributed by atoms with Gasteiger partial charge in [0.15, 0.2) is 0 Å². The molecule has 0 aliphatic carbocycles. The Morgan fingerprint density at radius 2 is 1.93 bits per heavy atom. The van der Waals surface area contributed by atoms with Gasteiger partial charge >= 0.3 is 11.9 Å². The van der Waals surface area contributed by atoms with Crippen LogP contribution in [0.3, 0.4) is 0 Å². The van der Waals surface area contributed by atoms with Gasteiger partial charge in [-0.15, -0.1) is 0 Å². The van der Waals surface area contributed by atoms with Crippen LogP contribution in [0.15, 0.2) is 5.11 Å². The van der Waals surface area contributed by atoms with E-state index in [1.165, 1.54) is 0 Å². The minimum absolute atomic E-state index is 0.0725. The molecule has 0 spiro atoms. The van der Waals surface area contributed by atoms with Crippen LogP contribution in [0, 0.1) is 5.92 Å². The lowest BCUT2D eigenvalue weighted by molar-refractivity contribution is -0.151. The molecule has 0 saturated carbocycles. The van der Waals surface area contributed by atoms with E-state index in [4.69, 9.17) is 15.4 Å². The Balaban J connectivity index is 2.36. The van der Waals surface area contributed by atoms with Crippen LogP contribution >= 0.6 is 0 Å². The number of aliphatic carboxylic acids is 1. The highest BCUT2D eigenvalue weighted by Gasteiger charge is 2.30. The monoisotopic (exact) mass is 411 g/mol. The SMILES string of the molecule is CCOC(=O)C1CCN(C(=O)C(CCCCNC(=O)CCC(=O)O)N=[N+]=[N-])CC1. The van der Waals surface area contributed by atoms with Crippen LogP contribution in [-0.4, -0.2) is 66.0 Å². The predicted octanol–water partition coefficient (Wildman–Crippen LogP) is 1.62. The summed E-state index contributed by atoms with van der Waals surface area (Å²) in [6, 6.07) is -0.818. The van der Waals surface area contributed by atoms with Gasteiger partial charge in [-0.25, -0.2) is 0 Å². The van der Waals surface area contributed by atoms with Gasteiger partial charge in [0.2, 0.25) is 11.8 Å². The van der Waals surface area contributed by atoms with E-state index in [0.29, 0.717) is 58.3 Å². The van der Waals surface area contributed by atoms with Gasteiger partial charge in [0.25, 0.3) is 0 Å². The van der Waals surface area contributed by atoms with E-state index in [1.807, 2.05) is 0 Å². The first kappa shape index (κ1) is 24.2. The quantitative estimate of drug-likeness (QED) is 0.163. The van der Waals surface area contributed by atoms with E-state index in [0.717, 1.165) is 0 Å². The van der Waals surface area contributed by atoms with Crippen LogP contribution in [0.4, 0.5) is 0 Å². The third kappa shape index (κ3) is 9.29. The average molecular weight is 411 g/mol. The van der Waals surface area contributed by atoms with Crippen LogP contribution in [0.25, 0.3) is 10.4 Å². The van der Waals surface area contributed by atoms with E-state index in [1.54, 1.807) is 11.8 Å². The van der Waals surface area contributed by atoms with Crippen molar-refractivity contribution in [2.45, 2.75) is 57.9 Å². The molecule has 0 aromatic carbocycles. The summed E-state index contributed by atoms with van der Waals surface area (Å²) < 4.78 is 5.01. The zero-order valence-electron chi connectivity index (χ0n) is 16.7. The first-order valence-electron chi connectivity index (χ1n) is 9.87. The van der Waals surface area contributed by atoms with Crippen molar-refractivity contribution >= 4 is 23.8 Å². The standard InChI is InChI=1S/C18H29N5O6/c1-2-29-18(28)13-8-11-23(12-9-13)17(27)14(21-22-19)5-3-4-10-20-15(24)6-7-16(25)26/h13-14H,2-12H2,1H3,(H,20,24)(H,25,26). The normalized spacial score (nSPS) is 15.1. The lowest BCUT2D eigenvalue weighted by Gasteiger charge is -2.32. The van der Waals surface area contributed by atoms with Gasteiger partial charge in [0.1, 0.15) is 6.04 Å². The Labute approximate surface area is 169 Å². The Hall–Kier alpha value is -2.81. The van der Waals surface area contributed by atoms with Crippen LogP contribution < -0.4 is 5.32 Å². The van der Waals surface area contributed by atoms with E-state index in [-0.39, 0.29) is 36.5 Å². The highest BCUT2D eigenvalue weighted by molar-refractivity contribution is 5.82. The fourth-order valence-corrected chi connectivity index (χ4v) is 3.10. The molecule has 1 atom stereocenters. The zero-order valence-corrected chi connectivity index (χ0v) is 16.7. The summed E-state index contributed by atoms with van der Waals surface area (Å²) in [6.45, 7) is 3.28. The van der Waals surface area contributed by atoms with Gasteiger partial charge in [0.05, 0.1) is 18.9 Å². The van der Waals surface area contributed by atoms with Crippen molar-refractivity contribution in [3.63, 3.8) is 0 Å². The van der Waals surface area contributed by atoms with Crippen molar-refractivity contribution in [2.24, 2.45) is 11.0 Å². The number of rotatable bonds is 12. The smallest absolute Gasteiger partial charge is 0.309 e. The zero-order chi connectivity index (χ0) is 21.6. The third-order valence-corrected chi connectivity index (χ3v) is 4.70. The number of amides is 2. The Kier molecular flexibility index (Phi) is 11.2. The number of ether oxygens (including phenoxy) is 1. The molecule has 0 bridgehead atoms. The van der Waals surface area contributed by atoms with Crippen molar-refractivity contribution < 1.29 is 29.0 Å². The maximum absolute atomic E-state index is 12.6. The van der Waals surface area contributed by atoms with E-state index >= 15 is 0 Å². The minimum atomic E-state index is -1.03. The highest BCUT2D eigenvalue weighted by atomic mass is 16.5. The molecule has 162 valence electrons. The molecular formula is C18H29N5O6. The molecule has 2 amide bonds. The van der Waals surface area contributed by atoms with Crippen molar-refractivity contribution in [3.8, 4) is 0 Å². The summed E-state index contributed by atoms with van der Waals surface area (Å²) in [5.41, 5.74) is 8.76. The molecule has 1 rings (SSSR count). The molecule has 11 heteroatoms. The average Bonchev–Trinajstić information content (AvgIpc) is 2.71. The number of hydrogen-bond donors (Lipinski definition) is 2. The lowest BCUT2D eigenvalue weighted by Crippen LogP contribution is -2.44. The van der Waals surface area contributed by atoms with Gasteiger partial charge in [-0.2, -0.15) is 0 Å². The Morgan fingerprint density at radius 1 is 1.24 bits per heavy atom. The third-order valence-electron chi connectivity index (χ3n) is 4.70. The fraction of sp³-hybridized carbons (Fsp3) is 0.778. The molecule has 0 aromatic rings. The summed E-state index contributed by atoms with van der Waals surface area (Å²) in [5.74, 6) is -2.06. The highest BCUT2D eigenvalue weighted by Crippen LogP contribution is 2.20. The van der Waals surface area contributed by atoms with E-state index in [2.05, 4.69) is 15.3 Å². The number of nitrogens with zero attached hydrogens (tertiary/aromatic N) is 4. The molecule has 0 aromatic heterocycles. The summed E-state index contributed by atoms with van der Waals surface area (Å²) >= 11 is 0. The van der Waals surface area contributed by atoms with E-state index in [9.17, 15) is 19.2 Å². The number of carboxylic acids is 1. The number of hydrogen-bond acceptors (Lipinski definition) is 6. The molecule has 1 saturated heterocycles.